The number of piperidine rings is 1. The van der Waals surface area contributed by atoms with E-state index in [1.165, 1.54) is 5.56 Å². The third kappa shape index (κ3) is 4.48. The summed E-state index contributed by atoms with van der Waals surface area (Å²) < 4.78 is 4.98. The Morgan fingerprint density at radius 3 is 2.60 bits per heavy atom. The summed E-state index contributed by atoms with van der Waals surface area (Å²) in [5.41, 5.74) is 1.91. The van der Waals surface area contributed by atoms with Crippen LogP contribution >= 0.6 is 0 Å². The maximum Gasteiger partial charge on any atom is 0.273 e. The van der Waals surface area contributed by atoms with E-state index in [0.717, 1.165) is 38.9 Å². The van der Waals surface area contributed by atoms with Gasteiger partial charge in [0.15, 0.2) is 5.69 Å². The molecule has 2 heterocycles. The van der Waals surface area contributed by atoms with Gasteiger partial charge in [0.05, 0.1) is 0 Å². The van der Waals surface area contributed by atoms with E-state index in [2.05, 4.69) is 52.6 Å². The van der Waals surface area contributed by atoms with Gasteiger partial charge in [-0.05, 0) is 50.3 Å². The summed E-state index contributed by atoms with van der Waals surface area (Å²) in [6, 6.07) is 12.3. The minimum absolute atomic E-state index is 0.142. The smallest absolute Gasteiger partial charge is 0.273 e. The number of aryl methyl sites for hydroxylation is 1. The summed E-state index contributed by atoms with van der Waals surface area (Å²) in [6.45, 7) is 7.86. The van der Waals surface area contributed by atoms with Crippen molar-refractivity contribution in [1.29, 1.82) is 0 Å². The fraction of sp³-hybridized carbons (Fsp3) is 0.500. The second-order valence-corrected chi connectivity index (χ2v) is 7.12. The van der Waals surface area contributed by atoms with Crippen LogP contribution in [0.5, 0.6) is 0 Å². The summed E-state index contributed by atoms with van der Waals surface area (Å²) >= 11 is 0. The Morgan fingerprint density at radius 1 is 1.28 bits per heavy atom. The van der Waals surface area contributed by atoms with Gasteiger partial charge in [-0.2, -0.15) is 0 Å². The number of benzene rings is 1. The number of likely N-dealkylation sites (tertiary alicyclic amines) is 1. The van der Waals surface area contributed by atoms with Crippen molar-refractivity contribution in [3.8, 4) is 0 Å². The fourth-order valence-corrected chi connectivity index (χ4v) is 3.51. The minimum Gasteiger partial charge on any atom is -0.361 e. The van der Waals surface area contributed by atoms with Crippen LogP contribution in [0.4, 0.5) is 0 Å². The van der Waals surface area contributed by atoms with E-state index in [1.54, 1.807) is 13.0 Å². The minimum atomic E-state index is -0.142. The summed E-state index contributed by atoms with van der Waals surface area (Å²) in [5, 5.41) is 6.85. The Hall–Kier alpha value is -2.14. The van der Waals surface area contributed by atoms with Gasteiger partial charge < -0.3 is 9.84 Å². The number of rotatable bonds is 6. The molecule has 25 heavy (non-hydrogen) atoms. The van der Waals surface area contributed by atoms with E-state index in [0.29, 0.717) is 18.0 Å². The lowest BCUT2D eigenvalue weighted by Crippen LogP contribution is -2.45. The van der Waals surface area contributed by atoms with Crippen LogP contribution in [0.15, 0.2) is 40.9 Å². The zero-order valence-electron chi connectivity index (χ0n) is 15.1. The first-order valence-corrected chi connectivity index (χ1v) is 9.08. The first kappa shape index (κ1) is 17.7. The van der Waals surface area contributed by atoms with Gasteiger partial charge in [0, 0.05) is 19.2 Å². The molecule has 5 heteroatoms. The molecule has 1 aliphatic rings. The molecule has 0 atom stereocenters. The summed E-state index contributed by atoms with van der Waals surface area (Å²) in [4.78, 5) is 14.7. The van der Waals surface area contributed by atoms with Crippen LogP contribution in [-0.4, -0.2) is 35.6 Å². The molecule has 2 aromatic rings. The van der Waals surface area contributed by atoms with Crippen LogP contribution in [0, 0.1) is 12.3 Å². The van der Waals surface area contributed by atoms with Crippen molar-refractivity contribution in [3.63, 3.8) is 0 Å². The Kier molecular flexibility index (Phi) is 5.53. The van der Waals surface area contributed by atoms with Crippen LogP contribution in [0.1, 0.15) is 48.0 Å². The third-order valence-electron chi connectivity index (χ3n) is 5.40. The molecule has 134 valence electrons. The molecular formula is C20H27N3O2. The maximum atomic E-state index is 12.2. The van der Waals surface area contributed by atoms with Crippen molar-refractivity contribution < 1.29 is 9.32 Å². The lowest BCUT2D eigenvalue weighted by atomic mass is 9.76. The van der Waals surface area contributed by atoms with Crippen molar-refractivity contribution in [2.45, 2.75) is 39.7 Å². The number of amides is 1. The molecule has 0 radical (unpaired) electrons. The van der Waals surface area contributed by atoms with E-state index < -0.39 is 0 Å². The number of aromatic nitrogens is 1. The Labute approximate surface area is 149 Å². The van der Waals surface area contributed by atoms with Crippen LogP contribution in [0.2, 0.25) is 0 Å². The number of nitrogens with zero attached hydrogens (tertiary/aromatic N) is 2. The molecule has 0 saturated carbocycles. The molecule has 1 fully saturated rings. The normalized spacial score (nSPS) is 17.4. The van der Waals surface area contributed by atoms with Gasteiger partial charge in [0.25, 0.3) is 5.91 Å². The number of hydrogen-bond acceptors (Lipinski definition) is 4. The third-order valence-corrected chi connectivity index (χ3v) is 5.40. The second-order valence-electron chi connectivity index (χ2n) is 7.12. The first-order valence-electron chi connectivity index (χ1n) is 9.08. The molecule has 3 rings (SSSR count). The van der Waals surface area contributed by atoms with Crippen LogP contribution in [0.3, 0.4) is 0 Å². The van der Waals surface area contributed by atoms with Crippen molar-refractivity contribution >= 4 is 5.91 Å². The quantitative estimate of drug-likeness (QED) is 0.875. The van der Waals surface area contributed by atoms with E-state index in [4.69, 9.17) is 4.52 Å². The van der Waals surface area contributed by atoms with E-state index in [9.17, 15) is 4.79 Å². The average molecular weight is 341 g/mol. The Balaban J connectivity index is 1.51. The largest absolute Gasteiger partial charge is 0.361 e. The zero-order chi connectivity index (χ0) is 17.7. The van der Waals surface area contributed by atoms with E-state index in [1.807, 2.05) is 0 Å². The van der Waals surface area contributed by atoms with E-state index in [-0.39, 0.29) is 11.3 Å². The van der Waals surface area contributed by atoms with Gasteiger partial charge in [0.2, 0.25) is 0 Å². The topological polar surface area (TPSA) is 58.4 Å². The molecule has 0 spiro atoms. The van der Waals surface area contributed by atoms with Gasteiger partial charge in [-0.3, -0.25) is 9.69 Å². The highest BCUT2D eigenvalue weighted by Crippen LogP contribution is 2.34. The maximum absolute atomic E-state index is 12.2. The average Bonchev–Trinajstić information content (AvgIpc) is 3.08. The molecule has 0 bridgehead atoms. The van der Waals surface area contributed by atoms with Crippen LogP contribution in [0.25, 0.3) is 0 Å². The zero-order valence-corrected chi connectivity index (χ0v) is 15.1. The van der Waals surface area contributed by atoms with Gasteiger partial charge in [-0.15, -0.1) is 0 Å². The molecule has 5 nitrogen and oxygen atoms in total. The Bertz CT molecular complexity index is 688. The summed E-state index contributed by atoms with van der Waals surface area (Å²) in [6.07, 6.45) is 3.28. The van der Waals surface area contributed by atoms with Gasteiger partial charge in [-0.25, -0.2) is 0 Å². The summed E-state index contributed by atoms with van der Waals surface area (Å²) in [5.74, 6) is 0.515. The number of carbonyl (C=O) groups is 1. The van der Waals surface area contributed by atoms with Crippen molar-refractivity contribution in [2.75, 3.05) is 19.6 Å². The molecule has 1 N–H and O–H groups in total. The van der Waals surface area contributed by atoms with Crippen molar-refractivity contribution in [1.82, 2.24) is 15.4 Å². The number of hydrogen-bond donors (Lipinski definition) is 1. The molecule has 1 aromatic heterocycles. The number of carbonyl (C=O) groups excluding carboxylic acids is 1. The standard InChI is InChI=1S/C20H27N3O2/c1-3-20(15-21-19(24)18-13-16(2)25-22-18)9-11-23(12-10-20)14-17-7-5-4-6-8-17/h4-8,13H,3,9-12,14-15H2,1-2H3,(H,21,24). The highest BCUT2D eigenvalue weighted by molar-refractivity contribution is 5.92. The molecule has 0 aliphatic carbocycles. The molecule has 1 aromatic carbocycles. The van der Waals surface area contributed by atoms with E-state index >= 15 is 0 Å². The molecular weight excluding hydrogens is 314 g/mol. The van der Waals surface area contributed by atoms with Gasteiger partial charge >= 0.3 is 0 Å². The highest BCUT2D eigenvalue weighted by Gasteiger charge is 2.33. The predicted octanol–water partition coefficient (Wildman–Crippen LogP) is 3.41. The SMILES string of the molecule is CCC1(CNC(=O)c2cc(C)on2)CCN(Cc2ccccc2)CC1. The van der Waals surface area contributed by atoms with Crippen molar-refractivity contribution in [2.24, 2.45) is 5.41 Å². The highest BCUT2D eigenvalue weighted by atomic mass is 16.5. The lowest BCUT2D eigenvalue weighted by Gasteiger charge is -2.41. The second kappa shape index (κ2) is 7.83. The van der Waals surface area contributed by atoms with Gasteiger partial charge in [0.1, 0.15) is 5.76 Å². The first-order chi connectivity index (χ1) is 12.1. The van der Waals surface area contributed by atoms with Crippen LogP contribution in [-0.2, 0) is 6.54 Å². The van der Waals surface area contributed by atoms with Gasteiger partial charge in [-0.1, -0.05) is 42.4 Å². The molecule has 1 amide bonds. The summed E-state index contributed by atoms with van der Waals surface area (Å²) in [7, 11) is 0. The molecule has 0 unspecified atom stereocenters. The predicted molar refractivity (Wildman–Crippen MR) is 97.3 cm³/mol. The Morgan fingerprint density at radius 2 is 2.00 bits per heavy atom. The lowest BCUT2D eigenvalue weighted by molar-refractivity contribution is 0.0784. The molecule has 1 saturated heterocycles. The molecule has 1 aliphatic heterocycles. The van der Waals surface area contributed by atoms with Crippen molar-refractivity contribution in [3.05, 3.63) is 53.4 Å². The van der Waals surface area contributed by atoms with Crippen LogP contribution < -0.4 is 5.32 Å². The number of nitrogens with one attached hydrogen (secondary N) is 1. The monoisotopic (exact) mass is 341 g/mol. The fourth-order valence-electron chi connectivity index (χ4n) is 3.51.